The van der Waals surface area contributed by atoms with Gasteiger partial charge in [0.15, 0.2) is 18.1 Å². The first-order valence-electron chi connectivity index (χ1n) is 7.28. The number of furan rings is 1. The van der Waals surface area contributed by atoms with E-state index in [4.69, 9.17) is 18.6 Å². The lowest BCUT2D eigenvalue weighted by Gasteiger charge is -2.07. The molecular weight excluding hydrogens is 332 g/mol. The van der Waals surface area contributed by atoms with Gasteiger partial charge in [-0.2, -0.15) is 0 Å². The summed E-state index contributed by atoms with van der Waals surface area (Å²) in [7, 11) is 0. The summed E-state index contributed by atoms with van der Waals surface area (Å²) in [6, 6.07) is 7.15. The van der Waals surface area contributed by atoms with E-state index in [0.717, 1.165) is 0 Å². The quantitative estimate of drug-likeness (QED) is 0.781. The van der Waals surface area contributed by atoms with Crippen molar-refractivity contribution >= 4 is 17.9 Å². The summed E-state index contributed by atoms with van der Waals surface area (Å²) in [5, 5.41) is 4.47. The summed E-state index contributed by atoms with van der Waals surface area (Å²) >= 11 is 0. The average molecular weight is 346 g/mol. The predicted molar refractivity (Wildman–Crippen MR) is 81.9 cm³/mol. The van der Waals surface area contributed by atoms with Crippen LogP contribution in [-0.2, 0) is 16.1 Å². The highest BCUT2D eigenvalue weighted by Crippen LogP contribution is 2.32. The highest BCUT2D eigenvalue weighted by atomic mass is 16.7. The zero-order valence-electron chi connectivity index (χ0n) is 12.9. The Morgan fingerprint density at radius 3 is 2.76 bits per heavy atom. The van der Waals surface area contributed by atoms with Gasteiger partial charge in [-0.15, -0.1) is 0 Å². The zero-order valence-corrected chi connectivity index (χ0v) is 12.9. The molecule has 2 aromatic rings. The molecule has 2 heterocycles. The SMILES string of the molecule is O=C(COC(=O)c1ccc2c(c1)OCO2)NC(=O)NCc1ccco1. The first-order valence-corrected chi connectivity index (χ1v) is 7.28. The van der Waals surface area contributed by atoms with Crippen molar-refractivity contribution in [3.05, 3.63) is 47.9 Å². The largest absolute Gasteiger partial charge is 0.467 e. The van der Waals surface area contributed by atoms with Crippen LogP contribution in [0.4, 0.5) is 4.79 Å². The van der Waals surface area contributed by atoms with Crippen LogP contribution in [-0.4, -0.2) is 31.3 Å². The third kappa shape index (κ3) is 4.28. The van der Waals surface area contributed by atoms with Gasteiger partial charge in [0.05, 0.1) is 18.4 Å². The van der Waals surface area contributed by atoms with Crippen molar-refractivity contribution < 1.29 is 33.0 Å². The van der Waals surface area contributed by atoms with Crippen LogP contribution in [0.15, 0.2) is 41.0 Å². The molecule has 0 atom stereocenters. The Morgan fingerprint density at radius 1 is 1.12 bits per heavy atom. The van der Waals surface area contributed by atoms with Crippen LogP contribution in [0.25, 0.3) is 0 Å². The highest BCUT2D eigenvalue weighted by Gasteiger charge is 2.18. The minimum Gasteiger partial charge on any atom is -0.467 e. The lowest BCUT2D eigenvalue weighted by molar-refractivity contribution is -0.123. The van der Waals surface area contributed by atoms with E-state index in [1.54, 1.807) is 18.2 Å². The van der Waals surface area contributed by atoms with Crippen LogP contribution >= 0.6 is 0 Å². The Morgan fingerprint density at radius 2 is 1.96 bits per heavy atom. The lowest BCUT2D eigenvalue weighted by Crippen LogP contribution is -2.41. The fraction of sp³-hybridized carbons (Fsp3) is 0.188. The summed E-state index contributed by atoms with van der Waals surface area (Å²) in [5.74, 6) is 0.0195. The molecule has 0 fully saturated rings. The van der Waals surface area contributed by atoms with Crippen LogP contribution in [0.5, 0.6) is 11.5 Å². The van der Waals surface area contributed by atoms with Gasteiger partial charge in [-0.3, -0.25) is 10.1 Å². The fourth-order valence-corrected chi connectivity index (χ4v) is 2.03. The van der Waals surface area contributed by atoms with Gasteiger partial charge in [-0.1, -0.05) is 0 Å². The molecule has 25 heavy (non-hydrogen) atoms. The first kappa shape index (κ1) is 16.4. The monoisotopic (exact) mass is 346 g/mol. The van der Waals surface area contributed by atoms with Crippen LogP contribution in [0.1, 0.15) is 16.1 Å². The van der Waals surface area contributed by atoms with Gasteiger partial charge in [0, 0.05) is 0 Å². The molecule has 130 valence electrons. The minimum absolute atomic E-state index is 0.0867. The Bertz CT molecular complexity index is 786. The van der Waals surface area contributed by atoms with E-state index in [2.05, 4.69) is 5.32 Å². The fourth-order valence-electron chi connectivity index (χ4n) is 2.03. The molecule has 3 amide bonds. The van der Waals surface area contributed by atoms with Gasteiger partial charge in [0.2, 0.25) is 6.79 Å². The van der Waals surface area contributed by atoms with E-state index in [0.29, 0.717) is 17.3 Å². The number of hydrogen-bond acceptors (Lipinski definition) is 7. The number of esters is 1. The Kier molecular flexibility index (Phi) is 4.84. The number of carbonyl (C=O) groups is 3. The highest BCUT2D eigenvalue weighted by molar-refractivity contribution is 5.97. The molecular formula is C16H14N2O7. The van der Waals surface area contributed by atoms with Crippen molar-refractivity contribution in [1.29, 1.82) is 0 Å². The van der Waals surface area contributed by atoms with Crippen molar-refractivity contribution in [2.45, 2.75) is 6.54 Å². The second kappa shape index (κ2) is 7.39. The molecule has 0 radical (unpaired) electrons. The molecule has 0 aliphatic carbocycles. The number of nitrogens with one attached hydrogen (secondary N) is 2. The van der Waals surface area contributed by atoms with Crippen molar-refractivity contribution in [2.75, 3.05) is 13.4 Å². The molecule has 2 N–H and O–H groups in total. The Hall–Kier alpha value is -3.49. The van der Waals surface area contributed by atoms with E-state index < -0.39 is 24.5 Å². The first-order chi connectivity index (χ1) is 12.1. The zero-order chi connectivity index (χ0) is 17.6. The molecule has 9 nitrogen and oxygen atoms in total. The van der Waals surface area contributed by atoms with Crippen molar-refractivity contribution in [3.63, 3.8) is 0 Å². The van der Waals surface area contributed by atoms with Crippen LogP contribution in [0.2, 0.25) is 0 Å². The summed E-state index contributed by atoms with van der Waals surface area (Å²) < 4.78 is 20.2. The third-order valence-corrected chi connectivity index (χ3v) is 3.20. The minimum atomic E-state index is -0.758. The second-order valence-electron chi connectivity index (χ2n) is 4.95. The number of benzene rings is 1. The van der Waals surface area contributed by atoms with E-state index in [1.165, 1.54) is 18.4 Å². The van der Waals surface area contributed by atoms with Crippen molar-refractivity contribution in [1.82, 2.24) is 10.6 Å². The molecule has 0 spiro atoms. The van der Waals surface area contributed by atoms with E-state index >= 15 is 0 Å². The summed E-state index contributed by atoms with van der Waals surface area (Å²) in [4.78, 5) is 35.1. The maximum Gasteiger partial charge on any atom is 0.338 e. The van der Waals surface area contributed by atoms with Gasteiger partial charge in [0.25, 0.3) is 5.91 Å². The van der Waals surface area contributed by atoms with E-state index in [9.17, 15) is 14.4 Å². The topological polar surface area (TPSA) is 116 Å². The van der Waals surface area contributed by atoms with E-state index in [1.807, 2.05) is 5.32 Å². The van der Waals surface area contributed by atoms with Gasteiger partial charge >= 0.3 is 12.0 Å². The van der Waals surface area contributed by atoms with Gasteiger partial charge in [-0.25, -0.2) is 9.59 Å². The number of hydrogen-bond donors (Lipinski definition) is 2. The predicted octanol–water partition coefficient (Wildman–Crippen LogP) is 1.19. The average Bonchev–Trinajstić information content (AvgIpc) is 3.28. The molecule has 0 saturated heterocycles. The third-order valence-electron chi connectivity index (χ3n) is 3.20. The lowest BCUT2D eigenvalue weighted by atomic mass is 10.2. The number of carbonyl (C=O) groups excluding carboxylic acids is 3. The summed E-state index contributed by atoms with van der Waals surface area (Å²) in [6.45, 7) is -0.381. The van der Waals surface area contributed by atoms with E-state index in [-0.39, 0.29) is 18.9 Å². The molecule has 0 saturated carbocycles. The Labute approximate surface area is 141 Å². The molecule has 1 aliphatic heterocycles. The number of rotatable bonds is 5. The molecule has 3 rings (SSSR count). The normalized spacial score (nSPS) is 11.7. The maximum atomic E-state index is 11.9. The molecule has 0 bridgehead atoms. The molecule has 0 unspecified atom stereocenters. The van der Waals surface area contributed by atoms with Crippen LogP contribution in [0, 0.1) is 0 Å². The van der Waals surface area contributed by atoms with Crippen molar-refractivity contribution in [2.24, 2.45) is 0 Å². The van der Waals surface area contributed by atoms with Gasteiger partial charge < -0.3 is 23.9 Å². The number of imide groups is 1. The van der Waals surface area contributed by atoms with Crippen LogP contribution in [0.3, 0.4) is 0 Å². The molecule has 1 aromatic heterocycles. The van der Waals surface area contributed by atoms with Crippen molar-refractivity contribution in [3.8, 4) is 11.5 Å². The number of ether oxygens (including phenoxy) is 3. The molecule has 1 aromatic carbocycles. The van der Waals surface area contributed by atoms with Gasteiger partial charge in [-0.05, 0) is 30.3 Å². The maximum absolute atomic E-state index is 11.9. The smallest absolute Gasteiger partial charge is 0.338 e. The van der Waals surface area contributed by atoms with Crippen LogP contribution < -0.4 is 20.1 Å². The second-order valence-corrected chi connectivity index (χ2v) is 4.95. The van der Waals surface area contributed by atoms with Gasteiger partial charge in [0.1, 0.15) is 5.76 Å². The summed E-state index contributed by atoms with van der Waals surface area (Å²) in [6.07, 6.45) is 1.47. The summed E-state index contributed by atoms with van der Waals surface area (Å²) in [5.41, 5.74) is 0.208. The molecule has 1 aliphatic rings. The number of amides is 3. The molecule has 9 heteroatoms. The number of fused-ring (bicyclic) bond motifs is 1. The standard InChI is InChI=1S/C16H14N2O7/c19-14(18-16(21)17-7-11-2-1-5-22-11)8-23-15(20)10-3-4-12-13(6-10)25-9-24-12/h1-6H,7-9H2,(H2,17,18,19,21). The number of urea groups is 1. The Balaban J connectivity index is 1.42.